The van der Waals surface area contributed by atoms with Gasteiger partial charge in [0.15, 0.2) is 11.0 Å². The predicted octanol–water partition coefficient (Wildman–Crippen LogP) is 1.52. The third kappa shape index (κ3) is 4.88. The van der Waals surface area contributed by atoms with Gasteiger partial charge in [0.2, 0.25) is 5.91 Å². The van der Waals surface area contributed by atoms with Gasteiger partial charge in [-0.2, -0.15) is 0 Å². The molecule has 1 heterocycles. The largest absolute Gasteiger partial charge is 0.375 e. The van der Waals surface area contributed by atoms with Crippen LogP contribution in [0.4, 0.5) is 11.5 Å². The predicted molar refractivity (Wildman–Crippen MR) is 84.8 cm³/mol. The summed E-state index contributed by atoms with van der Waals surface area (Å²) in [5.74, 6) is -0.287. The number of ether oxygens (including phenoxy) is 1. The first kappa shape index (κ1) is 17.1. The number of halogens is 1. The van der Waals surface area contributed by atoms with Crippen molar-refractivity contribution >= 4 is 39.0 Å². The molecule has 0 spiro atoms. The van der Waals surface area contributed by atoms with Crippen LogP contribution in [0.25, 0.3) is 0 Å². The molecule has 0 bridgehead atoms. The number of carbonyl (C=O) groups excluding carboxylic acids is 1. The van der Waals surface area contributed by atoms with Crippen molar-refractivity contribution in [3.8, 4) is 0 Å². The van der Waals surface area contributed by atoms with Crippen LogP contribution in [0, 0.1) is 0 Å². The number of nitrogens with zero attached hydrogens (tertiary/aromatic N) is 2. The topological polar surface area (TPSA) is 110 Å². The van der Waals surface area contributed by atoms with E-state index in [0.717, 1.165) is 0 Å². The van der Waals surface area contributed by atoms with E-state index < -0.39 is 10.0 Å². The van der Waals surface area contributed by atoms with Gasteiger partial charge in [-0.05, 0) is 36.4 Å². The second-order valence-corrected chi connectivity index (χ2v) is 6.42. The molecular formula is C13H13ClN4O4S. The lowest BCUT2D eigenvalue weighted by atomic mass is 10.3. The summed E-state index contributed by atoms with van der Waals surface area (Å²) in [5.41, 5.74) is 0.456. The van der Waals surface area contributed by atoms with Crippen molar-refractivity contribution in [1.82, 2.24) is 10.2 Å². The molecule has 2 N–H and O–H groups in total. The molecular weight excluding hydrogens is 344 g/mol. The number of nitrogens with one attached hydrogen (secondary N) is 2. The number of sulfonamides is 1. The van der Waals surface area contributed by atoms with Gasteiger partial charge in [-0.25, -0.2) is 8.42 Å². The van der Waals surface area contributed by atoms with E-state index >= 15 is 0 Å². The van der Waals surface area contributed by atoms with E-state index in [4.69, 9.17) is 11.6 Å². The molecule has 10 heteroatoms. The summed E-state index contributed by atoms with van der Waals surface area (Å²) in [7, 11) is -2.41. The highest BCUT2D eigenvalue weighted by molar-refractivity contribution is 7.92. The number of hydrogen-bond donors (Lipinski definition) is 2. The lowest BCUT2D eigenvalue weighted by Gasteiger charge is -2.08. The van der Waals surface area contributed by atoms with E-state index in [1.807, 2.05) is 0 Å². The third-order valence-electron chi connectivity index (χ3n) is 2.59. The minimum Gasteiger partial charge on any atom is -0.375 e. The van der Waals surface area contributed by atoms with Crippen molar-refractivity contribution in [3.05, 3.63) is 41.6 Å². The molecule has 0 aliphatic heterocycles. The number of hydrogen-bond acceptors (Lipinski definition) is 6. The molecule has 1 amide bonds. The van der Waals surface area contributed by atoms with Crippen LogP contribution >= 0.6 is 11.6 Å². The highest BCUT2D eigenvalue weighted by atomic mass is 35.5. The maximum Gasteiger partial charge on any atom is 0.263 e. The Bertz CT molecular complexity index is 779. The van der Waals surface area contributed by atoms with E-state index in [1.54, 1.807) is 0 Å². The van der Waals surface area contributed by atoms with E-state index in [9.17, 15) is 13.2 Å². The van der Waals surface area contributed by atoms with Crippen LogP contribution in [0.1, 0.15) is 0 Å². The number of rotatable bonds is 6. The first-order valence-corrected chi connectivity index (χ1v) is 8.18. The van der Waals surface area contributed by atoms with E-state index in [-0.39, 0.29) is 28.4 Å². The van der Waals surface area contributed by atoms with E-state index in [1.165, 1.54) is 43.5 Å². The molecule has 2 aromatic rings. The smallest absolute Gasteiger partial charge is 0.263 e. The molecule has 0 radical (unpaired) electrons. The number of anilines is 2. The van der Waals surface area contributed by atoms with Gasteiger partial charge in [0.25, 0.3) is 10.0 Å². The van der Waals surface area contributed by atoms with Crippen molar-refractivity contribution in [2.24, 2.45) is 0 Å². The lowest BCUT2D eigenvalue weighted by Crippen LogP contribution is -2.17. The average Bonchev–Trinajstić information content (AvgIpc) is 2.50. The summed E-state index contributed by atoms with van der Waals surface area (Å²) < 4.78 is 31.4. The molecule has 0 fully saturated rings. The Morgan fingerprint density at radius 2 is 1.87 bits per heavy atom. The van der Waals surface area contributed by atoms with Crippen LogP contribution in [0.5, 0.6) is 0 Å². The van der Waals surface area contributed by atoms with Crippen LogP contribution in [-0.4, -0.2) is 38.2 Å². The van der Waals surface area contributed by atoms with Gasteiger partial charge in [0.05, 0.1) is 4.90 Å². The molecule has 122 valence electrons. The number of carbonyl (C=O) groups is 1. The van der Waals surface area contributed by atoms with Gasteiger partial charge in [-0.1, -0.05) is 11.6 Å². The van der Waals surface area contributed by atoms with Crippen molar-refractivity contribution in [1.29, 1.82) is 0 Å². The van der Waals surface area contributed by atoms with Crippen molar-refractivity contribution in [2.45, 2.75) is 4.90 Å². The second-order valence-electron chi connectivity index (χ2n) is 4.35. The Labute approximate surface area is 137 Å². The van der Waals surface area contributed by atoms with Gasteiger partial charge >= 0.3 is 0 Å². The molecule has 0 saturated carbocycles. The molecule has 8 nitrogen and oxygen atoms in total. The Morgan fingerprint density at radius 1 is 1.17 bits per heavy atom. The van der Waals surface area contributed by atoms with Crippen LogP contribution in [0.3, 0.4) is 0 Å². The summed E-state index contributed by atoms with van der Waals surface area (Å²) in [5, 5.41) is 9.89. The first-order valence-electron chi connectivity index (χ1n) is 6.31. The third-order valence-corrected chi connectivity index (χ3v) is 4.17. The quantitative estimate of drug-likeness (QED) is 0.811. The average molecular weight is 357 g/mol. The standard InChI is InChI=1S/C13H13ClN4O4S/c1-22-8-13(19)15-9-2-4-10(5-3-9)23(20,21)18-12-7-6-11(14)16-17-12/h2-7H,8H2,1H3,(H,15,19)(H,17,18). The monoisotopic (exact) mass is 356 g/mol. The number of aromatic nitrogens is 2. The Hall–Kier alpha value is -2.23. The summed E-state index contributed by atoms with van der Waals surface area (Å²) in [4.78, 5) is 11.4. The van der Waals surface area contributed by atoms with Gasteiger partial charge in [0.1, 0.15) is 6.61 Å². The number of benzene rings is 1. The molecule has 0 aliphatic carbocycles. The molecule has 2 rings (SSSR count). The van der Waals surface area contributed by atoms with E-state index in [0.29, 0.717) is 5.69 Å². The molecule has 23 heavy (non-hydrogen) atoms. The molecule has 0 aliphatic rings. The zero-order valence-electron chi connectivity index (χ0n) is 12.0. The van der Waals surface area contributed by atoms with Gasteiger partial charge < -0.3 is 10.1 Å². The fourth-order valence-corrected chi connectivity index (χ4v) is 2.71. The van der Waals surface area contributed by atoms with Crippen LogP contribution in [0.2, 0.25) is 5.15 Å². The fraction of sp³-hybridized carbons (Fsp3) is 0.154. The zero-order valence-corrected chi connectivity index (χ0v) is 13.6. The second kappa shape index (κ2) is 7.36. The maximum absolute atomic E-state index is 12.2. The van der Waals surface area contributed by atoms with Crippen LogP contribution in [0.15, 0.2) is 41.3 Å². The number of amides is 1. The SMILES string of the molecule is COCC(=O)Nc1ccc(S(=O)(=O)Nc2ccc(Cl)nn2)cc1. The van der Waals surface area contributed by atoms with E-state index in [2.05, 4.69) is 25.0 Å². The number of methoxy groups -OCH3 is 1. The molecule has 1 aromatic heterocycles. The van der Waals surface area contributed by atoms with Gasteiger partial charge in [0, 0.05) is 12.8 Å². The van der Waals surface area contributed by atoms with Crippen molar-refractivity contribution < 1.29 is 17.9 Å². The highest BCUT2D eigenvalue weighted by Crippen LogP contribution is 2.17. The van der Waals surface area contributed by atoms with Crippen molar-refractivity contribution in [3.63, 3.8) is 0 Å². The highest BCUT2D eigenvalue weighted by Gasteiger charge is 2.15. The minimum absolute atomic E-state index is 0.0130. The van der Waals surface area contributed by atoms with Crippen LogP contribution in [-0.2, 0) is 19.6 Å². The Kier molecular flexibility index (Phi) is 5.48. The summed E-state index contributed by atoms with van der Waals surface area (Å²) in [6.07, 6.45) is 0. The fourth-order valence-electron chi connectivity index (χ4n) is 1.61. The first-order chi connectivity index (χ1) is 10.9. The van der Waals surface area contributed by atoms with Gasteiger partial charge in [-0.15, -0.1) is 10.2 Å². The molecule has 1 aromatic carbocycles. The van der Waals surface area contributed by atoms with Crippen LogP contribution < -0.4 is 10.0 Å². The zero-order chi connectivity index (χ0) is 16.9. The molecule has 0 saturated heterocycles. The lowest BCUT2D eigenvalue weighted by molar-refractivity contribution is -0.119. The summed E-state index contributed by atoms with van der Waals surface area (Å²) in [6, 6.07) is 8.46. The Morgan fingerprint density at radius 3 is 2.43 bits per heavy atom. The molecule has 0 atom stereocenters. The van der Waals surface area contributed by atoms with Gasteiger partial charge in [-0.3, -0.25) is 9.52 Å². The molecule has 0 unspecified atom stereocenters. The summed E-state index contributed by atoms with van der Waals surface area (Å²) in [6.45, 7) is -0.0865. The summed E-state index contributed by atoms with van der Waals surface area (Å²) >= 11 is 5.59. The van der Waals surface area contributed by atoms with Crippen molar-refractivity contribution in [2.75, 3.05) is 23.8 Å². The normalized spacial score (nSPS) is 11.0. The Balaban J connectivity index is 2.11. The maximum atomic E-state index is 12.2. The minimum atomic E-state index is -3.81.